The van der Waals surface area contributed by atoms with E-state index in [2.05, 4.69) is 30.0 Å². The molecule has 1 aromatic rings. The van der Waals surface area contributed by atoms with Gasteiger partial charge in [0, 0.05) is 18.8 Å². The van der Waals surface area contributed by atoms with Crippen LogP contribution >= 0.6 is 0 Å². The zero-order valence-electron chi connectivity index (χ0n) is 10.7. The summed E-state index contributed by atoms with van der Waals surface area (Å²) in [6.45, 7) is 5.76. The third kappa shape index (κ3) is 3.60. The third-order valence-corrected chi connectivity index (χ3v) is 3.39. The smallest absolute Gasteiger partial charge is 0.0346 e. The van der Waals surface area contributed by atoms with Crippen molar-refractivity contribution in [1.29, 1.82) is 0 Å². The maximum Gasteiger partial charge on any atom is 0.0346 e. The largest absolute Gasteiger partial charge is 0.399 e. The van der Waals surface area contributed by atoms with E-state index in [0.717, 1.165) is 18.7 Å². The summed E-state index contributed by atoms with van der Waals surface area (Å²) in [7, 11) is 0. The Morgan fingerprint density at radius 2 is 2.12 bits per heavy atom. The number of aryl methyl sites for hydroxylation is 1. The highest BCUT2D eigenvalue weighted by Gasteiger charge is 2.09. The third-order valence-electron chi connectivity index (χ3n) is 3.39. The number of nitrogens with zero attached hydrogens (tertiary/aromatic N) is 1. The van der Waals surface area contributed by atoms with Crippen LogP contribution in [0.4, 0.5) is 5.69 Å². The minimum absolute atomic E-state index is 0.933. The van der Waals surface area contributed by atoms with E-state index in [1.54, 1.807) is 0 Å². The van der Waals surface area contributed by atoms with Gasteiger partial charge in [0.1, 0.15) is 0 Å². The molecule has 0 aliphatic carbocycles. The van der Waals surface area contributed by atoms with Gasteiger partial charge in [0.05, 0.1) is 0 Å². The molecule has 2 heteroatoms. The summed E-state index contributed by atoms with van der Waals surface area (Å²) in [6, 6.07) is 8.19. The topological polar surface area (TPSA) is 29.3 Å². The van der Waals surface area contributed by atoms with Crippen LogP contribution in [0.1, 0.15) is 25.3 Å². The molecule has 0 saturated heterocycles. The van der Waals surface area contributed by atoms with Crippen LogP contribution in [0.15, 0.2) is 35.9 Å². The van der Waals surface area contributed by atoms with Crippen LogP contribution in [0.2, 0.25) is 0 Å². The fourth-order valence-corrected chi connectivity index (χ4v) is 2.44. The molecule has 1 aromatic carbocycles. The summed E-state index contributed by atoms with van der Waals surface area (Å²) in [4.78, 5) is 2.54. The first kappa shape index (κ1) is 12.2. The fraction of sp³-hybridized carbons (Fsp3) is 0.467. The summed E-state index contributed by atoms with van der Waals surface area (Å²) >= 11 is 0. The van der Waals surface area contributed by atoms with E-state index in [4.69, 9.17) is 5.73 Å². The van der Waals surface area contributed by atoms with Crippen LogP contribution in [0.3, 0.4) is 0 Å². The minimum atomic E-state index is 0.933. The van der Waals surface area contributed by atoms with Crippen LogP contribution in [0.25, 0.3) is 0 Å². The van der Waals surface area contributed by atoms with E-state index in [9.17, 15) is 0 Å². The quantitative estimate of drug-likeness (QED) is 0.636. The highest BCUT2D eigenvalue weighted by Crippen LogP contribution is 2.14. The molecule has 1 aliphatic rings. The molecule has 92 valence electrons. The van der Waals surface area contributed by atoms with Crippen molar-refractivity contribution in [3.8, 4) is 0 Å². The van der Waals surface area contributed by atoms with E-state index in [-0.39, 0.29) is 0 Å². The van der Waals surface area contributed by atoms with Gasteiger partial charge in [0.25, 0.3) is 0 Å². The predicted octanol–water partition coefficient (Wildman–Crippen LogP) is 2.85. The monoisotopic (exact) mass is 230 g/mol. The molecule has 0 atom stereocenters. The lowest BCUT2D eigenvalue weighted by molar-refractivity contribution is 0.287. The molecule has 17 heavy (non-hydrogen) atoms. The van der Waals surface area contributed by atoms with Crippen molar-refractivity contribution in [2.75, 3.05) is 25.4 Å². The van der Waals surface area contributed by atoms with Crippen LogP contribution in [-0.2, 0) is 6.42 Å². The average molecular weight is 230 g/mol. The number of hydrogen-bond donors (Lipinski definition) is 1. The van der Waals surface area contributed by atoms with Crippen LogP contribution in [-0.4, -0.2) is 24.5 Å². The molecule has 2 rings (SSSR count). The van der Waals surface area contributed by atoms with Crippen molar-refractivity contribution in [3.63, 3.8) is 0 Å². The summed E-state index contributed by atoms with van der Waals surface area (Å²) in [6.07, 6.45) is 5.85. The Morgan fingerprint density at radius 1 is 1.29 bits per heavy atom. The second kappa shape index (κ2) is 5.87. The Bertz CT molecular complexity index is 396. The molecule has 0 aromatic heterocycles. The summed E-state index contributed by atoms with van der Waals surface area (Å²) in [5, 5.41) is 0. The summed E-state index contributed by atoms with van der Waals surface area (Å²) < 4.78 is 0. The van der Waals surface area contributed by atoms with Gasteiger partial charge in [0.15, 0.2) is 0 Å². The second-order valence-electron chi connectivity index (χ2n) is 4.92. The van der Waals surface area contributed by atoms with E-state index in [0.29, 0.717) is 0 Å². The summed E-state index contributed by atoms with van der Waals surface area (Å²) in [5.41, 5.74) is 9.67. The highest BCUT2D eigenvalue weighted by atomic mass is 15.1. The number of nitrogens with two attached hydrogens (primary N) is 1. The van der Waals surface area contributed by atoms with Gasteiger partial charge in [-0.3, -0.25) is 4.90 Å². The zero-order chi connectivity index (χ0) is 12.1. The molecule has 2 N–H and O–H groups in total. The Balaban J connectivity index is 1.77. The number of benzene rings is 1. The Hall–Kier alpha value is -1.28. The lowest BCUT2D eigenvalue weighted by atomic mass is 10.1. The molecule has 0 saturated carbocycles. The minimum Gasteiger partial charge on any atom is -0.399 e. The van der Waals surface area contributed by atoms with Gasteiger partial charge in [-0.2, -0.15) is 0 Å². The molecule has 0 radical (unpaired) electrons. The van der Waals surface area contributed by atoms with E-state index < -0.39 is 0 Å². The maximum absolute atomic E-state index is 5.94. The van der Waals surface area contributed by atoms with Crippen LogP contribution < -0.4 is 5.73 Å². The second-order valence-corrected chi connectivity index (χ2v) is 4.92. The number of nitrogen functional groups attached to an aromatic ring is 1. The van der Waals surface area contributed by atoms with E-state index in [1.807, 2.05) is 12.1 Å². The van der Waals surface area contributed by atoms with Gasteiger partial charge >= 0.3 is 0 Å². The van der Waals surface area contributed by atoms with E-state index >= 15 is 0 Å². The number of hydrogen-bond acceptors (Lipinski definition) is 2. The lowest BCUT2D eigenvalue weighted by Gasteiger charge is -2.25. The molecular weight excluding hydrogens is 208 g/mol. The van der Waals surface area contributed by atoms with Crippen molar-refractivity contribution in [2.45, 2.75) is 26.2 Å². The first-order valence-corrected chi connectivity index (χ1v) is 6.47. The van der Waals surface area contributed by atoms with Crippen molar-refractivity contribution in [2.24, 2.45) is 0 Å². The zero-order valence-corrected chi connectivity index (χ0v) is 10.7. The normalized spacial score (nSPS) is 16.9. The van der Waals surface area contributed by atoms with Crippen molar-refractivity contribution in [3.05, 3.63) is 41.5 Å². The SMILES string of the molecule is CC1=CCCN(CCCc2ccccc2N)C1. The Labute approximate surface area is 104 Å². The predicted molar refractivity (Wildman–Crippen MR) is 74.0 cm³/mol. The molecule has 0 bridgehead atoms. The molecular formula is C15H22N2. The van der Waals surface area contributed by atoms with Gasteiger partial charge in [-0.05, 0) is 44.4 Å². The van der Waals surface area contributed by atoms with Crippen molar-refractivity contribution < 1.29 is 0 Å². The number of rotatable bonds is 4. The summed E-state index contributed by atoms with van der Waals surface area (Å²) in [5.74, 6) is 0. The molecule has 1 aliphatic heterocycles. The molecule has 0 fully saturated rings. The van der Waals surface area contributed by atoms with Gasteiger partial charge in [-0.25, -0.2) is 0 Å². The van der Waals surface area contributed by atoms with Gasteiger partial charge in [0.2, 0.25) is 0 Å². The Morgan fingerprint density at radius 3 is 2.88 bits per heavy atom. The molecule has 0 unspecified atom stereocenters. The highest BCUT2D eigenvalue weighted by molar-refractivity contribution is 5.46. The molecule has 0 amide bonds. The molecule has 1 heterocycles. The first-order chi connectivity index (χ1) is 8.25. The number of anilines is 1. The maximum atomic E-state index is 5.94. The van der Waals surface area contributed by atoms with Gasteiger partial charge < -0.3 is 5.73 Å². The molecule has 0 spiro atoms. The molecule has 2 nitrogen and oxygen atoms in total. The number of para-hydroxylation sites is 1. The van der Waals surface area contributed by atoms with Gasteiger partial charge in [-0.15, -0.1) is 0 Å². The van der Waals surface area contributed by atoms with Gasteiger partial charge in [-0.1, -0.05) is 29.8 Å². The first-order valence-electron chi connectivity index (χ1n) is 6.47. The van der Waals surface area contributed by atoms with E-state index in [1.165, 1.54) is 37.1 Å². The fourth-order valence-electron chi connectivity index (χ4n) is 2.44. The van der Waals surface area contributed by atoms with Crippen LogP contribution in [0, 0.1) is 0 Å². The average Bonchev–Trinajstić information content (AvgIpc) is 2.32. The van der Waals surface area contributed by atoms with Crippen LogP contribution in [0.5, 0.6) is 0 Å². The van der Waals surface area contributed by atoms with Crippen molar-refractivity contribution >= 4 is 5.69 Å². The standard InChI is InChI=1S/C15H22N2/c1-13-6-4-10-17(12-13)11-5-8-14-7-2-3-9-15(14)16/h2-3,6-7,9H,4-5,8,10-12,16H2,1H3. The Kier molecular flexibility index (Phi) is 4.21. The lowest BCUT2D eigenvalue weighted by Crippen LogP contribution is -2.30. The van der Waals surface area contributed by atoms with Crippen molar-refractivity contribution in [1.82, 2.24) is 4.90 Å².